The number of amides is 2. The SMILES string of the molecule is Cc1c(C(=O)N2CCN(C(=O)c3ccc4ccccc4n3)CC2)c2cc(F)ccc2n1CC(=O)O. The molecule has 0 aliphatic carbocycles. The Morgan fingerprint density at radius 3 is 2.34 bits per heavy atom. The minimum atomic E-state index is -1.05. The number of nitrogens with zero attached hydrogens (tertiary/aromatic N) is 4. The minimum absolute atomic E-state index is 0.195. The van der Waals surface area contributed by atoms with Gasteiger partial charge in [-0.3, -0.25) is 14.4 Å². The first kappa shape index (κ1) is 22.5. The zero-order valence-corrected chi connectivity index (χ0v) is 19.1. The van der Waals surface area contributed by atoms with Crippen LogP contribution < -0.4 is 0 Å². The van der Waals surface area contributed by atoms with Crippen LogP contribution in [0, 0.1) is 12.7 Å². The molecule has 0 bridgehead atoms. The number of aliphatic carboxylic acids is 1. The average molecular weight is 474 g/mol. The minimum Gasteiger partial charge on any atom is -0.480 e. The number of rotatable bonds is 4. The van der Waals surface area contributed by atoms with E-state index in [0.29, 0.717) is 48.5 Å². The number of para-hydroxylation sites is 1. The molecule has 3 heterocycles. The van der Waals surface area contributed by atoms with Crippen molar-refractivity contribution in [2.24, 2.45) is 0 Å². The molecule has 5 rings (SSSR count). The first-order chi connectivity index (χ1) is 16.8. The van der Waals surface area contributed by atoms with Gasteiger partial charge in [0.15, 0.2) is 0 Å². The maximum atomic E-state index is 14.0. The van der Waals surface area contributed by atoms with Gasteiger partial charge in [-0.1, -0.05) is 24.3 Å². The van der Waals surface area contributed by atoms with Crippen molar-refractivity contribution in [3.63, 3.8) is 0 Å². The summed E-state index contributed by atoms with van der Waals surface area (Å²) in [6.45, 7) is 2.61. The number of benzene rings is 2. The number of fused-ring (bicyclic) bond motifs is 2. The van der Waals surface area contributed by atoms with E-state index in [0.717, 1.165) is 10.9 Å². The number of carboxylic acids is 1. The Bertz CT molecular complexity index is 1490. The number of pyridine rings is 1. The fourth-order valence-corrected chi connectivity index (χ4v) is 4.68. The zero-order valence-electron chi connectivity index (χ0n) is 19.1. The molecule has 1 saturated heterocycles. The molecule has 35 heavy (non-hydrogen) atoms. The maximum absolute atomic E-state index is 14.0. The van der Waals surface area contributed by atoms with E-state index in [4.69, 9.17) is 0 Å². The predicted octanol–water partition coefficient (Wildman–Crippen LogP) is 3.32. The standard InChI is InChI=1S/C26H23FN4O4/c1-16-24(19-14-18(27)7-9-22(19)31(16)15-23(32)33)26(35)30-12-10-29(11-13-30)25(34)21-8-6-17-4-2-3-5-20(17)28-21/h2-9,14H,10-13,15H2,1H3,(H,32,33). The highest BCUT2D eigenvalue weighted by Gasteiger charge is 2.30. The summed E-state index contributed by atoms with van der Waals surface area (Å²) in [5.41, 5.74) is 2.35. The van der Waals surface area contributed by atoms with Crippen molar-refractivity contribution in [3.05, 3.63) is 77.4 Å². The molecule has 8 nitrogen and oxygen atoms in total. The Labute approximate surface area is 200 Å². The molecule has 4 aromatic rings. The fraction of sp³-hybridized carbons (Fsp3) is 0.231. The molecule has 0 unspecified atom stereocenters. The lowest BCUT2D eigenvalue weighted by molar-refractivity contribution is -0.137. The molecule has 1 aliphatic rings. The van der Waals surface area contributed by atoms with Gasteiger partial charge < -0.3 is 19.5 Å². The molecule has 2 amide bonds. The van der Waals surface area contributed by atoms with Crippen molar-refractivity contribution in [1.29, 1.82) is 0 Å². The molecule has 1 fully saturated rings. The molecule has 0 spiro atoms. The average Bonchev–Trinajstić information content (AvgIpc) is 3.12. The Balaban J connectivity index is 1.36. The van der Waals surface area contributed by atoms with E-state index < -0.39 is 11.8 Å². The molecule has 2 aromatic carbocycles. The highest BCUT2D eigenvalue weighted by atomic mass is 19.1. The number of carbonyl (C=O) groups excluding carboxylic acids is 2. The number of aromatic nitrogens is 2. The molecule has 1 aliphatic heterocycles. The van der Waals surface area contributed by atoms with Gasteiger partial charge >= 0.3 is 5.97 Å². The molecular weight excluding hydrogens is 451 g/mol. The number of hydrogen-bond acceptors (Lipinski definition) is 4. The Morgan fingerprint density at radius 1 is 0.943 bits per heavy atom. The third-order valence-corrected chi connectivity index (χ3v) is 6.46. The molecule has 0 atom stereocenters. The third-order valence-electron chi connectivity index (χ3n) is 6.46. The van der Waals surface area contributed by atoms with Crippen LogP contribution in [-0.4, -0.2) is 68.4 Å². The van der Waals surface area contributed by atoms with Crippen LogP contribution in [0.25, 0.3) is 21.8 Å². The van der Waals surface area contributed by atoms with E-state index >= 15 is 0 Å². The van der Waals surface area contributed by atoms with Crippen molar-refractivity contribution in [2.45, 2.75) is 13.5 Å². The van der Waals surface area contributed by atoms with Crippen LogP contribution in [0.15, 0.2) is 54.6 Å². The van der Waals surface area contributed by atoms with Gasteiger partial charge in [-0.2, -0.15) is 0 Å². The number of carboxylic acid groups (broad SMARTS) is 1. The second kappa shape index (κ2) is 8.83. The van der Waals surface area contributed by atoms with Crippen LogP contribution in [0.1, 0.15) is 26.5 Å². The first-order valence-electron chi connectivity index (χ1n) is 11.3. The number of piperazine rings is 1. The monoisotopic (exact) mass is 474 g/mol. The van der Waals surface area contributed by atoms with Crippen LogP contribution in [0.3, 0.4) is 0 Å². The molecule has 2 aromatic heterocycles. The quantitative estimate of drug-likeness (QED) is 0.490. The Morgan fingerprint density at radius 2 is 1.63 bits per heavy atom. The highest BCUT2D eigenvalue weighted by Crippen LogP contribution is 2.28. The van der Waals surface area contributed by atoms with E-state index in [9.17, 15) is 23.9 Å². The van der Waals surface area contributed by atoms with Crippen LogP contribution in [-0.2, 0) is 11.3 Å². The van der Waals surface area contributed by atoms with Gasteiger partial charge in [0.2, 0.25) is 0 Å². The van der Waals surface area contributed by atoms with Crippen molar-refractivity contribution in [2.75, 3.05) is 26.2 Å². The van der Waals surface area contributed by atoms with Gasteiger partial charge in [-0.25, -0.2) is 9.37 Å². The largest absolute Gasteiger partial charge is 0.480 e. The zero-order chi connectivity index (χ0) is 24.7. The summed E-state index contributed by atoms with van der Waals surface area (Å²) in [6, 6.07) is 15.1. The van der Waals surface area contributed by atoms with E-state index in [2.05, 4.69) is 4.98 Å². The summed E-state index contributed by atoms with van der Waals surface area (Å²) in [5, 5.41) is 10.6. The van der Waals surface area contributed by atoms with Gasteiger partial charge in [0, 0.05) is 48.2 Å². The topological polar surface area (TPSA) is 95.7 Å². The van der Waals surface area contributed by atoms with Crippen LogP contribution >= 0.6 is 0 Å². The summed E-state index contributed by atoms with van der Waals surface area (Å²) in [6.07, 6.45) is 0. The number of halogens is 1. The lowest BCUT2D eigenvalue weighted by atomic mass is 10.1. The second-order valence-corrected chi connectivity index (χ2v) is 8.58. The predicted molar refractivity (Wildman–Crippen MR) is 128 cm³/mol. The van der Waals surface area contributed by atoms with Crippen LogP contribution in [0.5, 0.6) is 0 Å². The van der Waals surface area contributed by atoms with Gasteiger partial charge in [-0.15, -0.1) is 0 Å². The number of hydrogen-bond donors (Lipinski definition) is 1. The summed E-state index contributed by atoms with van der Waals surface area (Å²) in [4.78, 5) is 45.6. The Hall–Kier alpha value is -4.27. The third kappa shape index (κ3) is 4.09. The van der Waals surface area contributed by atoms with Crippen molar-refractivity contribution in [1.82, 2.24) is 19.4 Å². The van der Waals surface area contributed by atoms with E-state index in [-0.39, 0.29) is 23.9 Å². The van der Waals surface area contributed by atoms with Crippen molar-refractivity contribution in [3.8, 4) is 0 Å². The molecule has 0 saturated carbocycles. The maximum Gasteiger partial charge on any atom is 0.323 e. The molecule has 178 valence electrons. The van der Waals surface area contributed by atoms with Gasteiger partial charge in [-0.05, 0) is 37.3 Å². The summed E-state index contributed by atoms with van der Waals surface area (Å²) in [5.74, 6) is -2.06. The fourth-order valence-electron chi connectivity index (χ4n) is 4.68. The summed E-state index contributed by atoms with van der Waals surface area (Å²) < 4.78 is 15.5. The summed E-state index contributed by atoms with van der Waals surface area (Å²) >= 11 is 0. The smallest absolute Gasteiger partial charge is 0.323 e. The molecule has 9 heteroatoms. The van der Waals surface area contributed by atoms with Gasteiger partial charge in [0.1, 0.15) is 18.1 Å². The molecule has 0 radical (unpaired) electrons. The van der Waals surface area contributed by atoms with E-state index in [1.165, 1.54) is 22.8 Å². The van der Waals surface area contributed by atoms with Crippen molar-refractivity contribution < 1.29 is 23.9 Å². The van der Waals surface area contributed by atoms with E-state index in [1.54, 1.807) is 22.8 Å². The van der Waals surface area contributed by atoms with E-state index in [1.807, 2.05) is 30.3 Å². The van der Waals surface area contributed by atoms with Crippen LogP contribution in [0.4, 0.5) is 4.39 Å². The molecular formula is C26H23FN4O4. The lowest BCUT2D eigenvalue weighted by Gasteiger charge is -2.34. The molecule has 1 N–H and O–H groups in total. The highest BCUT2D eigenvalue weighted by molar-refractivity contribution is 6.08. The van der Waals surface area contributed by atoms with Gasteiger partial charge in [0.05, 0.1) is 11.1 Å². The lowest BCUT2D eigenvalue weighted by Crippen LogP contribution is -2.50. The normalized spacial score (nSPS) is 14.0. The summed E-state index contributed by atoms with van der Waals surface area (Å²) in [7, 11) is 0. The first-order valence-corrected chi connectivity index (χ1v) is 11.3. The van der Waals surface area contributed by atoms with Crippen molar-refractivity contribution >= 4 is 39.6 Å². The Kier molecular flexibility index (Phi) is 5.68. The van der Waals surface area contributed by atoms with Gasteiger partial charge in [0.25, 0.3) is 11.8 Å². The second-order valence-electron chi connectivity index (χ2n) is 8.58. The number of carbonyl (C=O) groups is 3. The van der Waals surface area contributed by atoms with Crippen LogP contribution in [0.2, 0.25) is 0 Å².